The molecule has 2 aromatic rings. The second-order valence-corrected chi connectivity index (χ2v) is 7.42. The highest BCUT2D eigenvalue weighted by Crippen LogP contribution is 2.27. The summed E-state index contributed by atoms with van der Waals surface area (Å²) >= 11 is 1.79. The number of aryl methyl sites for hydroxylation is 1. The van der Waals surface area contributed by atoms with Gasteiger partial charge in [-0.2, -0.15) is 0 Å². The summed E-state index contributed by atoms with van der Waals surface area (Å²) in [4.78, 5) is 1.39. The summed E-state index contributed by atoms with van der Waals surface area (Å²) in [5, 5.41) is 3.04. The third-order valence-corrected chi connectivity index (χ3v) is 4.81. The molecule has 19 heavy (non-hydrogen) atoms. The molecule has 1 aromatic carbocycles. The first-order chi connectivity index (χ1) is 9.02. The van der Waals surface area contributed by atoms with Crippen LogP contribution in [0.4, 0.5) is 0 Å². The first kappa shape index (κ1) is 14.4. The van der Waals surface area contributed by atoms with Gasteiger partial charge >= 0.3 is 0 Å². The molecule has 0 saturated heterocycles. The molecule has 0 aliphatic heterocycles. The van der Waals surface area contributed by atoms with Gasteiger partial charge in [0.05, 0.1) is 0 Å². The van der Waals surface area contributed by atoms with Crippen LogP contribution in [-0.2, 0) is 22.8 Å². The van der Waals surface area contributed by atoms with Gasteiger partial charge in [0.1, 0.15) is 0 Å². The van der Waals surface area contributed by atoms with E-state index in [-0.39, 0.29) is 13.9 Å². The Morgan fingerprint density at radius 1 is 1.11 bits per heavy atom. The zero-order valence-corrected chi connectivity index (χ0v) is 13.4. The molecule has 0 fully saturated rings. The van der Waals surface area contributed by atoms with Crippen molar-refractivity contribution in [2.24, 2.45) is 0 Å². The smallest absolute Gasteiger partial charge is 0.192 e. The first-order valence-electron chi connectivity index (χ1n) is 6.50. The number of thiophene rings is 1. The van der Waals surface area contributed by atoms with Crippen molar-refractivity contribution in [3.63, 3.8) is 0 Å². The molecule has 0 aliphatic rings. The van der Waals surface area contributed by atoms with Crippen LogP contribution in [0.3, 0.4) is 0 Å². The molecule has 3 heteroatoms. The van der Waals surface area contributed by atoms with Gasteiger partial charge in [-0.05, 0) is 46.9 Å². The molecule has 2 rings (SSSR count). The van der Waals surface area contributed by atoms with E-state index in [4.69, 9.17) is 0 Å². The van der Waals surface area contributed by atoms with Gasteiger partial charge in [0.15, 0.2) is 8.46 Å². The molecule has 0 unspecified atom stereocenters. The van der Waals surface area contributed by atoms with Crippen LogP contribution in [0.5, 0.6) is 0 Å². The SMILES string of the molecule is CC(C)(C)c1cccc(P=O)c1CCc1cccs1. The summed E-state index contributed by atoms with van der Waals surface area (Å²) in [6.07, 6.45) is 1.98. The Balaban J connectivity index is 2.33. The van der Waals surface area contributed by atoms with Crippen molar-refractivity contribution < 1.29 is 4.57 Å². The molecule has 0 spiro atoms. The summed E-state index contributed by atoms with van der Waals surface area (Å²) < 4.78 is 11.4. The maximum Gasteiger partial charge on any atom is 0.192 e. The van der Waals surface area contributed by atoms with Crippen molar-refractivity contribution >= 4 is 25.1 Å². The predicted octanol–water partition coefficient (Wildman–Crippen LogP) is 4.75. The minimum Gasteiger partial charge on any atom is -0.269 e. The molecule has 0 bridgehead atoms. The number of benzene rings is 1. The van der Waals surface area contributed by atoms with Crippen LogP contribution in [0.2, 0.25) is 0 Å². The van der Waals surface area contributed by atoms with E-state index in [9.17, 15) is 4.57 Å². The van der Waals surface area contributed by atoms with E-state index >= 15 is 0 Å². The van der Waals surface area contributed by atoms with Gasteiger partial charge in [-0.3, -0.25) is 4.57 Å². The Bertz CT molecular complexity index is 553. The maximum absolute atomic E-state index is 11.4. The van der Waals surface area contributed by atoms with Crippen molar-refractivity contribution in [1.29, 1.82) is 0 Å². The molecule has 1 heterocycles. The standard InChI is InChI=1S/C16H19OPS/c1-16(2,3)14-7-4-8-15(18-17)13(14)10-9-12-6-5-11-19-12/h4-8,11H,9-10H2,1-3H3. The molecular weight excluding hydrogens is 271 g/mol. The Kier molecular flexibility index (Phi) is 4.54. The van der Waals surface area contributed by atoms with Gasteiger partial charge in [-0.1, -0.05) is 39.0 Å². The highest BCUT2D eigenvalue weighted by atomic mass is 32.1. The van der Waals surface area contributed by atoms with Gasteiger partial charge in [0.2, 0.25) is 0 Å². The van der Waals surface area contributed by atoms with Gasteiger partial charge in [0, 0.05) is 10.2 Å². The van der Waals surface area contributed by atoms with Crippen LogP contribution in [0.1, 0.15) is 36.8 Å². The highest BCUT2D eigenvalue weighted by Gasteiger charge is 2.20. The zero-order valence-electron chi connectivity index (χ0n) is 11.6. The molecule has 0 radical (unpaired) electrons. The summed E-state index contributed by atoms with van der Waals surface area (Å²) in [5.74, 6) is 0. The largest absolute Gasteiger partial charge is 0.269 e. The molecule has 100 valence electrons. The lowest BCUT2D eigenvalue weighted by atomic mass is 9.82. The normalized spacial score (nSPS) is 11.9. The van der Waals surface area contributed by atoms with Crippen LogP contribution in [0.25, 0.3) is 0 Å². The molecule has 1 aromatic heterocycles. The van der Waals surface area contributed by atoms with E-state index in [0.29, 0.717) is 0 Å². The third kappa shape index (κ3) is 3.52. The fourth-order valence-electron chi connectivity index (χ4n) is 2.33. The van der Waals surface area contributed by atoms with E-state index in [2.05, 4.69) is 44.4 Å². The third-order valence-electron chi connectivity index (χ3n) is 3.26. The topological polar surface area (TPSA) is 17.1 Å². The van der Waals surface area contributed by atoms with Crippen molar-refractivity contribution in [2.75, 3.05) is 0 Å². The van der Waals surface area contributed by atoms with E-state index in [1.165, 1.54) is 16.0 Å². The summed E-state index contributed by atoms with van der Waals surface area (Å²) in [7, 11) is 0.125. The Morgan fingerprint density at radius 3 is 2.47 bits per heavy atom. The summed E-state index contributed by atoms with van der Waals surface area (Å²) in [6, 6.07) is 10.4. The molecule has 1 nitrogen and oxygen atoms in total. The average molecular weight is 290 g/mol. The Hall–Kier alpha value is -0.980. The lowest BCUT2D eigenvalue weighted by Crippen LogP contribution is -2.19. The first-order valence-corrected chi connectivity index (χ1v) is 8.19. The molecule has 0 aliphatic carbocycles. The van der Waals surface area contributed by atoms with Crippen LogP contribution >= 0.6 is 19.8 Å². The second-order valence-electron chi connectivity index (χ2n) is 5.72. The lowest BCUT2D eigenvalue weighted by Gasteiger charge is -2.23. The minimum atomic E-state index is 0.0888. The quantitative estimate of drug-likeness (QED) is 0.743. The fraction of sp³-hybridized carbons (Fsp3) is 0.375. The average Bonchev–Trinajstić information content (AvgIpc) is 2.87. The van der Waals surface area contributed by atoms with Crippen LogP contribution in [0, 0.1) is 0 Å². The number of hydrogen-bond acceptors (Lipinski definition) is 2. The molecule has 0 N–H and O–H groups in total. The minimum absolute atomic E-state index is 0.0888. The van der Waals surface area contributed by atoms with Gasteiger partial charge in [-0.15, -0.1) is 11.3 Å². The van der Waals surface area contributed by atoms with E-state index in [0.717, 1.165) is 18.1 Å². The molecular formula is C16H19OPS. The number of rotatable bonds is 4. The predicted molar refractivity (Wildman–Crippen MR) is 84.1 cm³/mol. The highest BCUT2D eigenvalue weighted by molar-refractivity contribution is 7.34. The lowest BCUT2D eigenvalue weighted by molar-refractivity contribution is 0.582. The maximum atomic E-state index is 11.4. The van der Waals surface area contributed by atoms with E-state index < -0.39 is 0 Å². The molecule has 0 amide bonds. The van der Waals surface area contributed by atoms with E-state index in [1.54, 1.807) is 11.3 Å². The summed E-state index contributed by atoms with van der Waals surface area (Å²) in [5.41, 5.74) is 2.65. The van der Waals surface area contributed by atoms with Gasteiger partial charge < -0.3 is 0 Å². The Morgan fingerprint density at radius 2 is 1.89 bits per heavy atom. The molecule has 0 atom stereocenters. The monoisotopic (exact) mass is 290 g/mol. The van der Waals surface area contributed by atoms with Gasteiger partial charge in [0.25, 0.3) is 0 Å². The van der Waals surface area contributed by atoms with Crippen LogP contribution in [-0.4, -0.2) is 0 Å². The van der Waals surface area contributed by atoms with Crippen LogP contribution in [0.15, 0.2) is 35.7 Å². The number of hydrogen-bond donors (Lipinski definition) is 0. The van der Waals surface area contributed by atoms with Crippen molar-refractivity contribution in [3.8, 4) is 0 Å². The van der Waals surface area contributed by atoms with Crippen LogP contribution < -0.4 is 5.30 Å². The molecule has 0 saturated carbocycles. The van der Waals surface area contributed by atoms with Crippen molar-refractivity contribution in [3.05, 3.63) is 51.7 Å². The zero-order chi connectivity index (χ0) is 13.9. The fourth-order valence-corrected chi connectivity index (χ4v) is 3.53. The second kappa shape index (κ2) is 5.98. The van der Waals surface area contributed by atoms with Crippen molar-refractivity contribution in [2.45, 2.75) is 39.0 Å². The Labute approximate surface area is 120 Å². The van der Waals surface area contributed by atoms with Crippen molar-refractivity contribution in [1.82, 2.24) is 0 Å². The summed E-state index contributed by atoms with van der Waals surface area (Å²) in [6.45, 7) is 6.63. The van der Waals surface area contributed by atoms with Gasteiger partial charge in [-0.25, -0.2) is 0 Å². The van der Waals surface area contributed by atoms with E-state index in [1.807, 2.05) is 12.1 Å².